The average Bonchev–Trinajstić information content (AvgIpc) is 3.00. The van der Waals surface area contributed by atoms with Crippen molar-refractivity contribution in [3.8, 4) is 0 Å². The van der Waals surface area contributed by atoms with E-state index in [0.29, 0.717) is 5.92 Å². The molecule has 0 fully saturated rings. The number of fused-ring (bicyclic) bond motifs is 1. The molecule has 1 aliphatic heterocycles. The molecule has 0 aromatic rings. The fraction of sp³-hybridized carbons (Fsp3) is 0.368. The Morgan fingerprint density at radius 2 is 1.79 bits per heavy atom. The van der Waals surface area contributed by atoms with Gasteiger partial charge in [0, 0.05) is 19.9 Å². The van der Waals surface area contributed by atoms with Crippen molar-refractivity contribution in [3.05, 3.63) is 58.9 Å². The molecule has 1 atom stereocenters. The maximum atomic E-state index is 4.85. The molecule has 24 heavy (non-hydrogen) atoms. The summed E-state index contributed by atoms with van der Waals surface area (Å²) in [5, 5.41) is 0. The minimum Gasteiger partial charge on any atom is -1.00 e. The van der Waals surface area contributed by atoms with Crippen LogP contribution in [0, 0.1) is 11.3 Å². The first-order valence-corrected chi connectivity index (χ1v) is 10.2. The van der Waals surface area contributed by atoms with Crippen molar-refractivity contribution in [2.45, 2.75) is 33.9 Å². The Balaban J connectivity index is 0.00000176. The van der Waals surface area contributed by atoms with Crippen LogP contribution in [0.3, 0.4) is 0 Å². The van der Waals surface area contributed by atoms with E-state index in [-0.39, 0.29) is 56.4 Å². The smallest absolute Gasteiger partial charge is 1.00 e. The molecule has 0 saturated heterocycles. The first-order valence-electron chi connectivity index (χ1n) is 7.63. The molecule has 2 aliphatic carbocycles. The maximum absolute atomic E-state index is 4.85. The van der Waals surface area contributed by atoms with Gasteiger partial charge in [-0.1, -0.05) is 69.9 Å². The van der Waals surface area contributed by atoms with Gasteiger partial charge in [0.1, 0.15) is 0 Å². The number of halogens is 2. The van der Waals surface area contributed by atoms with Gasteiger partial charge in [-0.05, 0) is 22.6 Å². The molecule has 0 amide bonds. The van der Waals surface area contributed by atoms with Crippen molar-refractivity contribution in [3.63, 3.8) is 0 Å². The molecule has 1 heterocycles. The molecule has 1 nitrogen and oxygen atoms in total. The summed E-state index contributed by atoms with van der Waals surface area (Å²) in [4.78, 5) is 4.85. The number of aliphatic imine (C=N–C) groups is 1. The molecule has 0 spiro atoms. The summed E-state index contributed by atoms with van der Waals surface area (Å²) in [5.74, 6) is 0.374. The van der Waals surface area contributed by atoms with Gasteiger partial charge in [0.25, 0.3) is 0 Å². The zero-order chi connectivity index (χ0) is 15.2. The second kappa shape index (κ2) is 9.03. The molecule has 0 radical (unpaired) electrons. The quantitative estimate of drug-likeness (QED) is 0.450. The monoisotopic (exact) mass is 453 g/mol. The summed E-state index contributed by atoms with van der Waals surface area (Å²) in [5.41, 5.74) is 9.10. The Morgan fingerprint density at radius 1 is 1.12 bits per heavy atom. The second-order valence-electron chi connectivity index (χ2n) is 7.21. The van der Waals surface area contributed by atoms with E-state index in [1.165, 1.54) is 22.4 Å². The van der Waals surface area contributed by atoms with Gasteiger partial charge in [0.15, 0.2) is 0 Å². The number of hydrogen-bond donors (Lipinski definition) is 0. The molecule has 0 N–H and O–H groups in total. The van der Waals surface area contributed by atoms with Crippen LogP contribution in [-0.4, -0.2) is 19.8 Å². The number of allylic oxidation sites excluding steroid dienone is 8. The average molecular weight is 456 g/mol. The molecule has 126 valence electrons. The van der Waals surface area contributed by atoms with Gasteiger partial charge in [-0.3, -0.25) is 0 Å². The predicted octanol–water partition coefficient (Wildman–Crippen LogP) is -1.51. The minimum atomic E-state index is -0.437. The van der Waals surface area contributed by atoms with E-state index in [9.17, 15) is 0 Å². The third-order valence-corrected chi connectivity index (χ3v) is 4.92. The van der Waals surface area contributed by atoms with Gasteiger partial charge in [-0.25, -0.2) is 4.99 Å². The standard InChI is InChI=1S/C19H23NSi.2ClH.Zr/c1-19(2,3)14-10-9-13(11-14)18-15-7-6-8-16(15)20-17(18)12-21(4)5;;;/h6-13H,1-5H3;2*1H;/q;;;+2/p-2. The van der Waals surface area contributed by atoms with Gasteiger partial charge in [-0.15, -0.1) is 0 Å². The van der Waals surface area contributed by atoms with Crippen molar-refractivity contribution in [2.75, 3.05) is 0 Å². The minimum absolute atomic E-state index is 0. The molecule has 5 heteroatoms. The van der Waals surface area contributed by atoms with Crippen molar-refractivity contribution < 1.29 is 51.0 Å². The zero-order valence-electron chi connectivity index (χ0n) is 14.8. The summed E-state index contributed by atoms with van der Waals surface area (Å²) in [6.45, 7) is 11.5. The van der Waals surface area contributed by atoms with Crippen molar-refractivity contribution >= 4 is 19.8 Å². The van der Waals surface area contributed by atoms with Crippen LogP contribution in [0.25, 0.3) is 0 Å². The fourth-order valence-electron chi connectivity index (χ4n) is 2.99. The van der Waals surface area contributed by atoms with E-state index < -0.39 is 8.41 Å². The van der Waals surface area contributed by atoms with Gasteiger partial charge in [-0.2, -0.15) is 0 Å². The summed E-state index contributed by atoms with van der Waals surface area (Å²) in [6.07, 6.45) is 13.5. The van der Waals surface area contributed by atoms with Crippen LogP contribution >= 0.6 is 0 Å². The number of nitrogens with zero attached hydrogens (tertiary/aromatic N) is 1. The van der Waals surface area contributed by atoms with E-state index in [1.807, 2.05) is 0 Å². The van der Waals surface area contributed by atoms with Crippen LogP contribution in [0.4, 0.5) is 0 Å². The van der Waals surface area contributed by atoms with Gasteiger partial charge >= 0.3 is 26.2 Å². The second-order valence-corrected chi connectivity index (χ2v) is 9.66. The molecule has 0 bridgehead atoms. The van der Waals surface area contributed by atoms with Crippen molar-refractivity contribution in [1.82, 2.24) is 0 Å². The molecule has 0 aromatic heterocycles. The summed E-state index contributed by atoms with van der Waals surface area (Å²) in [6, 6.07) is 0. The predicted molar refractivity (Wildman–Crippen MR) is 95.4 cm³/mol. The number of hydrogen-bond acceptors (Lipinski definition) is 1. The Hall–Kier alpha value is -0.0800. The van der Waals surface area contributed by atoms with Crippen LogP contribution in [0.2, 0.25) is 13.1 Å². The Labute approximate surface area is 179 Å². The largest absolute Gasteiger partial charge is 2.00 e. The zero-order valence-corrected chi connectivity index (χ0v) is 19.8. The van der Waals surface area contributed by atoms with Crippen molar-refractivity contribution in [2.24, 2.45) is 16.3 Å². The molecule has 3 rings (SSSR count). The Morgan fingerprint density at radius 3 is 2.33 bits per heavy atom. The summed E-state index contributed by atoms with van der Waals surface area (Å²) >= 11 is 0. The molecule has 1 unspecified atom stereocenters. The third kappa shape index (κ3) is 4.75. The van der Waals surface area contributed by atoms with E-state index in [4.69, 9.17) is 4.99 Å². The molecule has 0 aromatic carbocycles. The van der Waals surface area contributed by atoms with Crippen LogP contribution < -0.4 is 24.8 Å². The maximum Gasteiger partial charge on any atom is 2.00 e. The Kier molecular flexibility index (Phi) is 9.00. The Bertz CT molecular complexity index is 712. The van der Waals surface area contributed by atoms with Crippen molar-refractivity contribution in [1.29, 1.82) is 0 Å². The van der Waals surface area contributed by atoms with Gasteiger partial charge < -0.3 is 24.8 Å². The molecular formula is C19H23Cl2NSiZr. The summed E-state index contributed by atoms with van der Waals surface area (Å²) < 4.78 is 0. The van der Waals surface area contributed by atoms with Crippen LogP contribution in [0.5, 0.6) is 0 Å². The number of rotatable bonds is 2. The topological polar surface area (TPSA) is 12.4 Å². The van der Waals surface area contributed by atoms with E-state index in [1.54, 1.807) is 0 Å². The first-order chi connectivity index (χ1) is 9.86. The third-order valence-electron chi connectivity index (χ3n) is 4.07. The molecule has 3 aliphatic rings. The van der Waals surface area contributed by atoms with Gasteiger partial charge in [0.2, 0.25) is 0 Å². The first kappa shape index (κ1) is 23.9. The van der Waals surface area contributed by atoms with Gasteiger partial charge in [0.05, 0.1) is 11.4 Å². The van der Waals surface area contributed by atoms with E-state index in [2.05, 4.69) is 76.0 Å². The molecular weight excluding hydrogens is 432 g/mol. The SMILES string of the molecule is C[Si](C)=CC1=NC2=CC=CC2=C1C1C=CC(C(C)(C)C)=C1.[Cl-].[Cl-].[Zr+2]. The van der Waals surface area contributed by atoms with E-state index >= 15 is 0 Å². The normalized spacial score (nSPS) is 20.4. The summed E-state index contributed by atoms with van der Waals surface area (Å²) in [7, 11) is -0.437. The molecule has 0 saturated carbocycles. The van der Waals surface area contributed by atoms with Crippen LogP contribution in [0.15, 0.2) is 63.9 Å². The fourth-order valence-corrected chi connectivity index (χ4v) is 3.76. The van der Waals surface area contributed by atoms with Crippen LogP contribution in [-0.2, 0) is 26.2 Å². The van der Waals surface area contributed by atoms with Crippen LogP contribution in [0.1, 0.15) is 20.8 Å². The van der Waals surface area contributed by atoms with E-state index in [0.717, 1.165) is 5.70 Å².